The maximum atomic E-state index is 13.6. The van der Waals surface area contributed by atoms with E-state index >= 15 is 0 Å². The lowest BCUT2D eigenvalue weighted by Crippen LogP contribution is -2.37. The van der Waals surface area contributed by atoms with E-state index in [1.807, 2.05) is 0 Å². The number of benzene rings is 2. The number of imide groups is 1. The lowest BCUT2D eigenvalue weighted by molar-refractivity contribution is -0.122. The van der Waals surface area contributed by atoms with Gasteiger partial charge in [-0.25, -0.2) is 8.78 Å². The van der Waals surface area contributed by atoms with Crippen molar-refractivity contribution in [3.8, 4) is 0 Å². The molecule has 0 saturated carbocycles. The minimum atomic E-state index is -0.650. The third-order valence-electron chi connectivity index (χ3n) is 3.78. The van der Waals surface area contributed by atoms with Gasteiger partial charge < -0.3 is 5.32 Å². The van der Waals surface area contributed by atoms with Crippen molar-refractivity contribution in [2.45, 2.75) is 0 Å². The fourth-order valence-corrected chi connectivity index (χ4v) is 3.29. The molecule has 1 aliphatic rings. The number of amides is 3. The smallest absolute Gasteiger partial charge is 0.293 e. The van der Waals surface area contributed by atoms with Crippen LogP contribution in [-0.2, 0) is 4.79 Å². The molecular formula is C19H14F2N2O3S. The summed E-state index contributed by atoms with van der Waals surface area (Å²) in [5.74, 6) is -2.16. The second kappa shape index (κ2) is 8.13. The van der Waals surface area contributed by atoms with Crippen LogP contribution in [0.2, 0.25) is 0 Å². The topological polar surface area (TPSA) is 66.5 Å². The van der Waals surface area contributed by atoms with Gasteiger partial charge in [0.15, 0.2) is 0 Å². The number of nitrogens with one attached hydrogen (secondary N) is 1. The van der Waals surface area contributed by atoms with Crippen molar-refractivity contribution >= 4 is 34.9 Å². The van der Waals surface area contributed by atoms with E-state index in [4.69, 9.17) is 0 Å². The highest BCUT2D eigenvalue weighted by molar-refractivity contribution is 8.18. The predicted octanol–water partition coefficient (Wildman–Crippen LogP) is 3.43. The second-order valence-corrected chi connectivity index (χ2v) is 6.61. The average Bonchev–Trinajstić information content (AvgIpc) is 2.91. The quantitative estimate of drug-likeness (QED) is 0.797. The number of thioether (sulfide) groups is 1. The maximum Gasteiger partial charge on any atom is 0.293 e. The molecule has 0 atom stereocenters. The number of rotatable bonds is 5. The van der Waals surface area contributed by atoms with Crippen LogP contribution < -0.4 is 5.32 Å². The summed E-state index contributed by atoms with van der Waals surface area (Å²) in [7, 11) is 0. The SMILES string of the molecule is O=C(NCCN1C(=O)S/C(=C/c2ccc(F)cc2)C1=O)c1ccccc1F. The Bertz CT molecular complexity index is 929. The fraction of sp³-hybridized carbons (Fsp3) is 0.105. The standard InChI is InChI=1S/C19H14F2N2O3S/c20-13-7-5-12(6-8-13)11-16-18(25)23(19(26)27-16)10-9-22-17(24)14-3-1-2-4-15(14)21/h1-8,11H,9-10H2,(H,22,24)/b16-11+. The lowest BCUT2D eigenvalue weighted by atomic mass is 10.2. The Morgan fingerprint density at radius 2 is 1.78 bits per heavy atom. The Hall–Kier alpha value is -3.00. The van der Waals surface area contributed by atoms with E-state index in [0.717, 1.165) is 16.7 Å². The summed E-state index contributed by atoms with van der Waals surface area (Å²) in [6, 6.07) is 11.0. The summed E-state index contributed by atoms with van der Waals surface area (Å²) in [5.41, 5.74) is 0.484. The average molecular weight is 388 g/mol. The van der Waals surface area contributed by atoms with E-state index in [1.165, 1.54) is 54.6 Å². The molecule has 1 aliphatic heterocycles. The Kier molecular flexibility index (Phi) is 5.66. The molecular weight excluding hydrogens is 374 g/mol. The Balaban J connectivity index is 1.60. The van der Waals surface area contributed by atoms with Crippen molar-refractivity contribution in [1.29, 1.82) is 0 Å². The molecule has 0 unspecified atom stereocenters. The number of hydrogen-bond donors (Lipinski definition) is 1. The van der Waals surface area contributed by atoms with E-state index in [-0.39, 0.29) is 23.6 Å². The molecule has 1 N–H and O–H groups in total. The number of nitrogens with zero attached hydrogens (tertiary/aromatic N) is 1. The molecule has 27 heavy (non-hydrogen) atoms. The molecule has 2 aromatic carbocycles. The molecule has 0 aliphatic carbocycles. The van der Waals surface area contributed by atoms with Gasteiger partial charge in [-0.2, -0.15) is 0 Å². The molecule has 138 valence electrons. The Morgan fingerprint density at radius 3 is 2.48 bits per heavy atom. The molecule has 0 spiro atoms. The van der Waals surface area contributed by atoms with Crippen molar-refractivity contribution in [3.05, 3.63) is 76.2 Å². The first-order valence-corrected chi connectivity index (χ1v) is 8.81. The third-order valence-corrected chi connectivity index (χ3v) is 4.69. The lowest BCUT2D eigenvalue weighted by Gasteiger charge is -2.13. The van der Waals surface area contributed by atoms with Crippen molar-refractivity contribution in [2.75, 3.05) is 13.1 Å². The second-order valence-electron chi connectivity index (χ2n) is 5.62. The van der Waals surface area contributed by atoms with Crippen LogP contribution in [0.4, 0.5) is 13.6 Å². The highest BCUT2D eigenvalue weighted by atomic mass is 32.2. The molecule has 5 nitrogen and oxygen atoms in total. The molecule has 1 fully saturated rings. The zero-order chi connectivity index (χ0) is 19.4. The fourth-order valence-electron chi connectivity index (χ4n) is 2.42. The van der Waals surface area contributed by atoms with Gasteiger partial charge in [0.05, 0.1) is 10.5 Å². The monoisotopic (exact) mass is 388 g/mol. The summed E-state index contributed by atoms with van der Waals surface area (Å²) in [4.78, 5) is 37.6. The van der Waals surface area contributed by atoms with Gasteiger partial charge in [-0.05, 0) is 47.7 Å². The van der Waals surface area contributed by atoms with Gasteiger partial charge in [0.2, 0.25) is 0 Å². The highest BCUT2D eigenvalue weighted by Crippen LogP contribution is 2.31. The molecule has 1 heterocycles. The maximum absolute atomic E-state index is 13.6. The van der Waals surface area contributed by atoms with Crippen molar-refractivity contribution in [1.82, 2.24) is 10.2 Å². The Morgan fingerprint density at radius 1 is 1.07 bits per heavy atom. The first-order chi connectivity index (χ1) is 13.0. The van der Waals surface area contributed by atoms with Crippen LogP contribution >= 0.6 is 11.8 Å². The summed E-state index contributed by atoms with van der Waals surface area (Å²) in [6.45, 7) is -0.0410. The van der Waals surface area contributed by atoms with Crippen LogP contribution in [0.25, 0.3) is 6.08 Å². The zero-order valence-corrected chi connectivity index (χ0v) is 14.8. The van der Waals surface area contributed by atoms with Gasteiger partial charge in [0.25, 0.3) is 17.1 Å². The van der Waals surface area contributed by atoms with E-state index in [1.54, 1.807) is 0 Å². The number of carbonyl (C=O) groups excluding carboxylic acids is 3. The van der Waals surface area contributed by atoms with Crippen molar-refractivity contribution in [2.24, 2.45) is 0 Å². The molecule has 0 bridgehead atoms. The number of halogens is 2. The highest BCUT2D eigenvalue weighted by Gasteiger charge is 2.34. The minimum Gasteiger partial charge on any atom is -0.350 e. The first kappa shape index (κ1) is 18.8. The zero-order valence-electron chi connectivity index (χ0n) is 13.9. The first-order valence-electron chi connectivity index (χ1n) is 7.99. The van der Waals surface area contributed by atoms with Crippen molar-refractivity contribution < 1.29 is 23.2 Å². The van der Waals surface area contributed by atoms with Gasteiger partial charge >= 0.3 is 0 Å². The van der Waals surface area contributed by atoms with Crippen LogP contribution in [-0.4, -0.2) is 35.0 Å². The van der Waals surface area contributed by atoms with Crippen LogP contribution in [0.15, 0.2) is 53.4 Å². The third kappa shape index (κ3) is 4.40. The summed E-state index contributed by atoms with van der Waals surface area (Å²) in [6.07, 6.45) is 1.50. The van der Waals surface area contributed by atoms with E-state index in [0.29, 0.717) is 5.56 Å². The number of hydrogen-bond acceptors (Lipinski definition) is 4. The van der Waals surface area contributed by atoms with E-state index < -0.39 is 28.7 Å². The largest absolute Gasteiger partial charge is 0.350 e. The van der Waals surface area contributed by atoms with Crippen molar-refractivity contribution in [3.63, 3.8) is 0 Å². The summed E-state index contributed by atoms with van der Waals surface area (Å²) >= 11 is 0.771. The van der Waals surface area contributed by atoms with Crippen LogP contribution in [0, 0.1) is 11.6 Å². The van der Waals surface area contributed by atoms with Crippen LogP contribution in [0.5, 0.6) is 0 Å². The molecule has 3 rings (SSSR count). The van der Waals surface area contributed by atoms with Crippen LogP contribution in [0.1, 0.15) is 15.9 Å². The molecule has 2 aromatic rings. The van der Waals surface area contributed by atoms with E-state index in [2.05, 4.69) is 5.32 Å². The molecule has 3 amide bonds. The molecule has 0 radical (unpaired) electrons. The van der Waals surface area contributed by atoms with Gasteiger partial charge in [0, 0.05) is 13.1 Å². The summed E-state index contributed by atoms with van der Waals surface area (Å²) < 4.78 is 26.5. The minimum absolute atomic E-state index is 0.00492. The van der Waals surface area contributed by atoms with Gasteiger partial charge in [-0.15, -0.1) is 0 Å². The van der Waals surface area contributed by atoms with Crippen LogP contribution in [0.3, 0.4) is 0 Å². The van der Waals surface area contributed by atoms with Gasteiger partial charge in [-0.1, -0.05) is 24.3 Å². The molecule has 8 heteroatoms. The van der Waals surface area contributed by atoms with Gasteiger partial charge in [-0.3, -0.25) is 19.3 Å². The predicted molar refractivity (Wildman–Crippen MR) is 97.8 cm³/mol. The van der Waals surface area contributed by atoms with E-state index in [9.17, 15) is 23.2 Å². The number of carbonyl (C=O) groups is 3. The molecule has 0 aromatic heterocycles. The molecule has 1 saturated heterocycles. The summed E-state index contributed by atoms with van der Waals surface area (Å²) in [5, 5.41) is 2.02. The van der Waals surface area contributed by atoms with Gasteiger partial charge in [0.1, 0.15) is 11.6 Å². The Labute approximate surface area is 158 Å². The normalized spacial score (nSPS) is 15.5.